The van der Waals surface area contributed by atoms with Gasteiger partial charge in [-0.15, -0.1) is 6.58 Å². The summed E-state index contributed by atoms with van der Waals surface area (Å²) in [6, 6.07) is 0.637. The highest BCUT2D eigenvalue weighted by Crippen LogP contribution is 2.05. The van der Waals surface area contributed by atoms with E-state index in [1.807, 2.05) is 13.0 Å². The van der Waals surface area contributed by atoms with E-state index in [1.165, 1.54) is 12.8 Å². The highest BCUT2D eigenvalue weighted by molar-refractivity contribution is 4.73. The minimum Gasteiger partial charge on any atom is -0.382 e. The lowest BCUT2D eigenvalue weighted by Gasteiger charge is -2.16. The lowest BCUT2D eigenvalue weighted by Crippen LogP contribution is -2.28. The van der Waals surface area contributed by atoms with Gasteiger partial charge in [-0.05, 0) is 39.2 Å². The molecule has 1 N–H and O–H groups in total. The Bertz CT molecular complexity index is 125. The van der Waals surface area contributed by atoms with Crippen LogP contribution < -0.4 is 5.32 Å². The van der Waals surface area contributed by atoms with Gasteiger partial charge in [-0.3, -0.25) is 0 Å². The minimum atomic E-state index is 0.637. The molecule has 2 heteroatoms. The average Bonchev–Trinajstić information content (AvgIpc) is 2.20. The number of hydrogen-bond acceptors (Lipinski definition) is 2. The number of rotatable bonds is 10. The first-order chi connectivity index (χ1) is 6.85. The number of nitrogens with one attached hydrogen (secondary N) is 1. The first-order valence-electron chi connectivity index (χ1n) is 5.77. The monoisotopic (exact) mass is 199 g/mol. The van der Waals surface area contributed by atoms with Crippen molar-refractivity contribution in [3.63, 3.8) is 0 Å². The topological polar surface area (TPSA) is 21.3 Å². The van der Waals surface area contributed by atoms with Crippen molar-refractivity contribution in [3.05, 3.63) is 12.7 Å². The maximum atomic E-state index is 5.32. The van der Waals surface area contributed by atoms with Gasteiger partial charge in [0.25, 0.3) is 0 Å². The van der Waals surface area contributed by atoms with E-state index in [4.69, 9.17) is 4.74 Å². The van der Waals surface area contributed by atoms with Crippen LogP contribution in [0, 0.1) is 0 Å². The summed E-state index contributed by atoms with van der Waals surface area (Å²) in [5.41, 5.74) is 0. The number of ether oxygens (including phenoxy) is 1. The van der Waals surface area contributed by atoms with Crippen molar-refractivity contribution in [1.82, 2.24) is 5.32 Å². The van der Waals surface area contributed by atoms with Crippen molar-refractivity contribution in [2.45, 2.75) is 45.6 Å². The fraction of sp³-hybridized carbons (Fsp3) is 0.833. The van der Waals surface area contributed by atoms with Crippen molar-refractivity contribution < 1.29 is 4.74 Å². The fourth-order valence-electron chi connectivity index (χ4n) is 1.53. The molecule has 0 aliphatic rings. The molecule has 1 unspecified atom stereocenters. The van der Waals surface area contributed by atoms with E-state index in [-0.39, 0.29) is 0 Å². The van der Waals surface area contributed by atoms with E-state index in [0.717, 1.165) is 32.6 Å². The summed E-state index contributed by atoms with van der Waals surface area (Å²) in [6.45, 7) is 10.7. The highest BCUT2D eigenvalue weighted by Gasteiger charge is 2.04. The number of allylic oxidation sites excluding steroid dienone is 1. The molecule has 0 spiro atoms. The van der Waals surface area contributed by atoms with E-state index in [1.54, 1.807) is 0 Å². The Morgan fingerprint density at radius 2 is 2.14 bits per heavy atom. The maximum Gasteiger partial charge on any atom is 0.0466 e. The van der Waals surface area contributed by atoms with Crippen LogP contribution in [0.4, 0.5) is 0 Å². The van der Waals surface area contributed by atoms with Gasteiger partial charge in [0.05, 0.1) is 0 Å². The Hall–Kier alpha value is -0.340. The molecule has 0 aliphatic carbocycles. The molecule has 0 aromatic rings. The second-order valence-corrected chi connectivity index (χ2v) is 3.46. The normalized spacial score (nSPS) is 12.7. The van der Waals surface area contributed by atoms with Gasteiger partial charge in [-0.1, -0.05) is 13.0 Å². The molecule has 0 aromatic heterocycles. The first-order valence-corrected chi connectivity index (χ1v) is 5.77. The quantitative estimate of drug-likeness (QED) is 0.431. The largest absolute Gasteiger partial charge is 0.382 e. The second kappa shape index (κ2) is 10.7. The highest BCUT2D eigenvalue weighted by atomic mass is 16.5. The van der Waals surface area contributed by atoms with Crippen LogP contribution in [0.1, 0.15) is 39.5 Å². The first kappa shape index (κ1) is 13.7. The molecule has 0 amide bonds. The van der Waals surface area contributed by atoms with Crippen LogP contribution in [0.2, 0.25) is 0 Å². The lowest BCUT2D eigenvalue weighted by molar-refractivity contribution is 0.140. The van der Waals surface area contributed by atoms with Crippen molar-refractivity contribution >= 4 is 0 Å². The third-order valence-electron chi connectivity index (χ3n) is 2.26. The van der Waals surface area contributed by atoms with Gasteiger partial charge in [0, 0.05) is 19.3 Å². The van der Waals surface area contributed by atoms with Gasteiger partial charge in [0.1, 0.15) is 0 Å². The van der Waals surface area contributed by atoms with Crippen LogP contribution in [0.5, 0.6) is 0 Å². The van der Waals surface area contributed by atoms with Crippen molar-refractivity contribution in [2.24, 2.45) is 0 Å². The Balaban J connectivity index is 3.45. The van der Waals surface area contributed by atoms with E-state index in [9.17, 15) is 0 Å². The summed E-state index contributed by atoms with van der Waals surface area (Å²) in [7, 11) is 0. The molecule has 0 rings (SSSR count). The average molecular weight is 199 g/mol. The molecule has 0 heterocycles. The van der Waals surface area contributed by atoms with Gasteiger partial charge in [-0.2, -0.15) is 0 Å². The van der Waals surface area contributed by atoms with Gasteiger partial charge in [-0.25, -0.2) is 0 Å². The van der Waals surface area contributed by atoms with Gasteiger partial charge < -0.3 is 10.1 Å². The summed E-state index contributed by atoms with van der Waals surface area (Å²) in [6.07, 6.45) is 6.66. The molecule has 0 radical (unpaired) electrons. The zero-order chi connectivity index (χ0) is 10.6. The molecule has 0 saturated heterocycles. The van der Waals surface area contributed by atoms with Crippen molar-refractivity contribution in [3.8, 4) is 0 Å². The Morgan fingerprint density at radius 3 is 2.71 bits per heavy atom. The van der Waals surface area contributed by atoms with Crippen molar-refractivity contribution in [2.75, 3.05) is 19.8 Å². The lowest BCUT2D eigenvalue weighted by atomic mass is 10.1. The molecular formula is C12H25NO. The number of hydrogen-bond donors (Lipinski definition) is 1. The van der Waals surface area contributed by atoms with E-state index in [2.05, 4.69) is 18.8 Å². The Morgan fingerprint density at radius 1 is 1.36 bits per heavy atom. The van der Waals surface area contributed by atoms with Crippen LogP contribution in [0.3, 0.4) is 0 Å². The smallest absolute Gasteiger partial charge is 0.0466 e. The molecule has 0 aromatic carbocycles. The van der Waals surface area contributed by atoms with Gasteiger partial charge in [0.2, 0.25) is 0 Å². The summed E-state index contributed by atoms with van der Waals surface area (Å²) >= 11 is 0. The molecule has 2 nitrogen and oxygen atoms in total. The van der Waals surface area contributed by atoms with Crippen LogP contribution in [0.25, 0.3) is 0 Å². The zero-order valence-corrected chi connectivity index (χ0v) is 9.72. The van der Waals surface area contributed by atoms with E-state index >= 15 is 0 Å². The van der Waals surface area contributed by atoms with Gasteiger partial charge in [0.15, 0.2) is 0 Å². The summed E-state index contributed by atoms with van der Waals surface area (Å²) in [4.78, 5) is 0. The SMILES string of the molecule is C=CCCC(CCCOCC)NCC. The Labute approximate surface area is 88.7 Å². The third kappa shape index (κ3) is 8.27. The van der Waals surface area contributed by atoms with E-state index < -0.39 is 0 Å². The second-order valence-electron chi connectivity index (χ2n) is 3.46. The molecule has 14 heavy (non-hydrogen) atoms. The van der Waals surface area contributed by atoms with E-state index in [0.29, 0.717) is 6.04 Å². The van der Waals surface area contributed by atoms with Crippen LogP contribution in [-0.4, -0.2) is 25.8 Å². The molecule has 0 aliphatic heterocycles. The fourth-order valence-corrected chi connectivity index (χ4v) is 1.53. The summed E-state index contributed by atoms with van der Waals surface area (Å²) < 4.78 is 5.32. The predicted octanol–water partition coefficient (Wildman–Crippen LogP) is 2.75. The molecular weight excluding hydrogens is 174 g/mol. The Kier molecular flexibility index (Phi) is 10.5. The maximum absolute atomic E-state index is 5.32. The molecule has 0 bridgehead atoms. The summed E-state index contributed by atoms with van der Waals surface area (Å²) in [5.74, 6) is 0. The molecule has 84 valence electrons. The van der Waals surface area contributed by atoms with Crippen molar-refractivity contribution in [1.29, 1.82) is 0 Å². The molecule has 0 saturated carbocycles. The minimum absolute atomic E-state index is 0.637. The molecule has 0 fully saturated rings. The third-order valence-corrected chi connectivity index (χ3v) is 2.26. The van der Waals surface area contributed by atoms with Gasteiger partial charge >= 0.3 is 0 Å². The van der Waals surface area contributed by atoms with Crippen LogP contribution >= 0.6 is 0 Å². The van der Waals surface area contributed by atoms with Crippen LogP contribution in [0.15, 0.2) is 12.7 Å². The molecule has 1 atom stereocenters. The zero-order valence-electron chi connectivity index (χ0n) is 9.72. The van der Waals surface area contributed by atoms with Crippen LogP contribution in [-0.2, 0) is 4.74 Å². The summed E-state index contributed by atoms with van der Waals surface area (Å²) in [5, 5.41) is 3.49. The standard InChI is InChI=1S/C12H25NO/c1-4-7-9-12(13-5-2)10-8-11-14-6-3/h4,12-13H,1,5-11H2,2-3H3. The predicted molar refractivity (Wildman–Crippen MR) is 62.6 cm³/mol.